The fourth-order valence-electron chi connectivity index (χ4n) is 3.78. The molecular formula is C26H29N7O3. The van der Waals surface area contributed by atoms with Crippen molar-refractivity contribution < 1.29 is 9.53 Å². The number of unbranched alkanes of at least 4 members (excludes halogenated alkanes) is 1. The van der Waals surface area contributed by atoms with Crippen LogP contribution in [0.2, 0.25) is 0 Å². The summed E-state index contributed by atoms with van der Waals surface area (Å²) in [5.74, 6) is 0.00511. The third kappa shape index (κ3) is 6.01. The van der Waals surface area contributed by atoms with Crippen LogP contribution in [-0.4, -0.2) is 30.5 Å². The first-order chi connectivity index (χ1) is 17.4. The van der Waals surface area contributed by atoms with Gasteiger partial charge in [0.2, 0.25) is 11.9 Å². The van der Waals surface area contributed by atoms with Gasteiger partial charge < -0.3 is 20.4 Å². The fraction of sp³-hybridized carbons (Fsp3) is 0.308. The van der Waals surface area contributed by atoms with Gasteiger partial charge in [0.15, 0.2) is 12.4 Å². The van der Waals surface area contributed by atoms with Crippen LogP contribution >= 0.6 is 0 Å². The molecule has 0 saturated heterocycles. The number of aromatic nitrogens is 5. The number of ether oxygens (including phenoxy) is 1. The molecule has 0 radical (unpaired) electrons. The average molecular weight is 488 g/mol. The molecule has 10 heteroatoms. The monoisotopic (exact) mass is 487 g/mol. The normalized spacial score (nSPS) is 10.9. The lowest BCUT2D eigenvalue weighted by molar-refractivity contribution is -0.145. The van der Waals surface area contributed by atoms with Crippen molar-refractivity contribution in [2.75, 3.05) is 11.1 Å². The van der Waals surface area contributed by atoms with E-state index in [1.807, 2.05) is 55.5 Å². The van der Waals surface area contributed by atoms with Gasteiger partial charge in [0.05, 0.1) is 17.5 Å². The number of para-hydroxylation sites is 3. The molecule has 2 aromatic carbocycles. The number of aryl methyl sites for hydroxylation is 3. The summed E-state index contributed by atoms with van der Waals surface area (Å²) in [5, 5.41) is 3.10. The Labute approximate surface area is 208 Å². The number of hydrogen-bond acceptors (Lipinski definition) is 9. The highest BCUT2D eigenvalue weighted by Gasteiger charge is 2.14. The molecule has 0 atom stereocenters. The van der Waals surface area contributed by atoms with E-state index in [0.29, 0.717) is 12.2 Å². The quantitative estimate of drug-likeness (QED) is 0.321. The maximum atomic E-state index is 13.0. The molecule has 0 aliphatic heterocycles. The lowest BCUT2D eigenvalue weighted by Gasteiger charge is -2.12. The molecule has 10 nitrogen and oxygen atoms in total. The van der Waals surface area contributed by atoms with Crippen LogP contribution in [0.15, 0.2) is 53.3 Å². The molecular weight excluding hydrogens is 458 g/mol. The summed E-state index contributed by atoms with van der Waals surface area (Å²) in [5.41, 5.74) is 9.35. The minimum Gasteiger partial charge on any atom is -0.457 e. The van der Waals surface area contributed by atoms with Crippen LogP contribution < -0.4 is 16.6 Å². The lowest BCUT2D eigenvalue weighted by Crippen LogP contribution is -2.26. The van der Waals surface area contributed by atoms with Crippen molar-refractivity contribution in [3.8, 4) is 0 Å². The van der Waals surface area contributed by atoms with Crippen LogP contribution in [0.25, 0.3) is 11.0 Å². The fourth-order valence-corrected chi connectivity index (χ4v) is 3.78. The van der Waals surface area contributed by atoms with Gasteiger partial charge >= 0.3 is 5.97 Å². The minimum atomic E-state index is -0.489. The first-order valence-electron chi connectivity index (χ1n) is 11.9. The highest BCUT2D eigenvalue weighted by molar-refractivity contribution is 5.75. The van der Waals surface area contributed by atoms with Gasteiger partial charge in [-0.15, -0.1) is 0 Å². The summed E-state index contributed by atoms with van der Waals surface area (Å²) in [6.07, 6.45) is 2.02. The summed E-state index contributed by atoms with van der Waals surface area (Å²) in [6, 6.07) is 15.2. The Morgan fingerprint density at radius 1 is 1.06 bits per heavy atom. The van der Waals surface area contributed by atoms with E-state index in [1.54, 1.807) is 4.57 Å². The number of benzene rings is 2. The second kappa shape index (κ2) is 11.4. The molecule has 0 spiro atoms. The molecule has 186 valence electrons. The predicted octanol–water partition coefficient (Wildman–Crippen LogP) is 3.69. The number of carbonyl (C=O) groups excluding carboxylic acids is 1. The van der Waals surface area contributed by atoms with Crippen molar-refractivity contribution >= 4 is 34.6 Å². The largest absolute Gasteiger partial charge is 0.457 e. The van der Waals surface area contributed by atoms with Gasteiger partial charge in [-0.25, -0.2) is 4.98 Å². The smallest absolute Gasteiger partial charge is 0.306 e. The van der Waals surface area contributed by atoms with Crippen molar-refractivity contribution in [2.45, 2.75) is 52.7 Å². The minimum absolute atomic E-state index is 0.00322. The van der Waals surface area contributed by atoms with E-state index in [9.17, 15) is 9.59 Å². The number of fused-ring (bicyclic) bond motifs is 1. The molecule has 0 saturated carbocycles. The van der Waals surface area contributed by atoms with E-state index < -0.39 is 5.97 Å². The molecule has 2 heterocycles. The third-order valence-corrected chi connectivity index (χ3v) is 5.67. The van der Waals surface area contributed by atoms with E-state index in [-0.39, 0.29) is 42.7 Å². The molecule has 0 aliphatic rings. The summed E-state index contributed by atoms with van der Waals surface area (Å²) in [4.78, 5) is 42.4. The number of nitrogens with two attached hydrogens (primary N) is 1. The summed E-state index contributed by atoms with van der Waals surface area (Å²) in [6.45, 7) is 4.47. The van der Waals surface area contributed by atoms with Gasteiger partial charge in [-0.1, -0.05) is 43.7 Å². The van der Waals surface area contributed by atoms with Crippen LogP contribution in [0, 0.1) is 6.92 Å². The second-order valence-electron chi connectivity index (χ2n) is 8.39. The predicted molar refractivity (Wildman–Crippen MR) is 138 cm³/mol. The SMILES string of the molecule is CCCCn1c(=O)c(CCC(=O)OCc2nc(N)nc(Nc3ccccc3C)n2)nc2ccccc21. The Morgan fingerprint density at radius 2 is 1.83 bits per heavy atom. The average Bonchev–Trinajstić information content (AvgIpc) is 2.87. The Hall–Kier alpha value is -4.34. The van der Waals surface area contributed by atoms with Crippen molar-refractivity contribution in [3.05, 3.63) is 76.0 Å². The molecule has 0 aliphatic carbocycles. The van der Waals surface area contributed by atoms with Crippen LogP contribution in [-0.2, 0) is 29.1 Å². The number of carbonyl (C=O) groups is 1. The van der Waals surface area contributed by atoms with Gasteiger partial charge in [-0.05, 0) is 37.1 Å². The van der Waals surface area contributed by atoms with Crippen molar-refractivity contribution in [2.24, 2.45) is 0 Å². The van der Waals surface area contributed by atoms with Gasteiger partial charge in [-0.2, -0.15) is 15.0 Å². The molecule has 4 rings (SSSR count). The number of esters is 1. The highest BCUT2D eigenvalue weighted by atomic mass is 16.5. The Bertz CT molecular complexity index is 1430. The number of rotatable bonds is 10. The van der Waals surface area contributed by atoms with Crippen LogP contribution in [0.3, 0.4) is 0 Å². The first-order valence-corrected chi connectivity index (χ1v) is 11.9. The van der Waals surface area contributed by atoms with Crippen LogP contribution in [0.1, 0.15) is 43.3 Å². The van der Waals surface area contributed by atoms with E-state index >= 15 is 0 Å². The zero-order valence-corrected chi connectivity index (χ0v) is 20.4. The molecule has 4 aromatic rings. The zero-order chi connectivity index (χ0) is 25.5. The van der Waals surface area contributed by atoms with Gasteiger partial charge in [0.1, 0.15) is 5.69 Å². The molecule has 0 amide bonds. The Kier molecular flexibility index (Phi) is 7.84. The number of nitrogen functional groups attached to an aromatic ring is 1. The van der Waals surface area contributed by atoms with E-state index in [0.717, 1.165) is 35.1 Å². The van der Waals surface area contributed by atoms with E-state index in [2.05, 4.69) is 32.2 Å². The Balaban J connectivity index is 1.41. The molecule has 0 bridgehead atoms. The third-order valence-electron chi connectivity index (χ3n) is 5.67. The molecule has 3 N–H and O–H groups in total. The molecule has 0 unspecified atom stereocenters. The Morgan fingerprint density at radius 3 is 2.64 bits per heavy atom. The number of anilines is 3. The summed E-state index contributed by atoms with van der Waals surface area (Å²) in [7, 11) is 0. The summed E-state index contributed by atoms with van der Waals surface area (Å²) >= 11 is 0. The maximum absolute atomic E-state index is 13.0. The number of hydrogen-bond donors (Lipinski definition) is 2. The summed E-state index contributed by atoms with van der Waals surface area (Å²) < 4.78 is 7.08. The highest BCUT2D eigenvalue weighted by Crippen LogP contribution is 2.18. The standard InChI is InChI=1S/C26H29N7O3/c1-3-4-15-33-21-12-8-7-11-19(21)28-20(24(33)35)13-14-23(34)36-16-22-30-25(27)32-26(31-22)29-18-10-6-5-9-17(18)2/h5-12H,3-4,13-16H2,1-2H3,(H3,27,29,30,31,32). The number of nitrogens with one attached hydrogen (secondary N) is 1. The van der Waals surface area contributed by atoms with Crippen LogP contribution in [0.5, 0.6) is 0 Å². The molecule has 2 aromatic heterocycles. The number of nitrogens with zero attached hydrogens (tertiary/aromatic N) is 5. The second-order valence-corrected chi connectivity index (χ2v) is 8.39. The maximum Gasteiger partial charge on any atom is 0.306 e. The van der Waals surface area contributed by atoms with Crippen molar-refractivity contribution in [1.29, 1.82) is 0 Å². The van der Waals surface area contributed by atoms with Crippen LogP contribution in [0.4, 0.5) is 17.6 Å². The topological polar surface area (TPSA) is 138 Å². The van der Waals surface area contributed by atoms with Gasteiger partial charge in [-0.3, -0.25) is 9.59 Å². The van der Waals surface area contributed by atoms with E-state index in [1.165, 1.54) is 0 Å². The molecule has 36 heavy (non-hydrogen) atoms. The van der Waals surface area contributed by atoms with Gasteiger partial charge in [0, 0.05) is 18.7 Å². The van der Waals surface area contributed by atoms with Gasteiger partial charge in [0.25, 0.3) is 5.56 Å². The van der Waals surface area contributed by atoms with E-state index in [4.69, 9.17) is 10.5 Å². The zero-order valence-electron chi connectivity index (χ0n) is 20.4. The lowest BCUT2D eigenvalue weighted by atomic mass is 10.2. The molecule has 0 fully saturated rings. The van der Waals surface area contributed by atoms with Crippen molar-refractivity contribution in [3.63, 3.8) is 0 Å². The van der Waals surface area contributed by atoms with Crippen molar-refractivity contribution in [1.82, 2.24) is 24.5 Å². The first kappa shape index (κ1) is 24.8.